The van der Waals surface area contributed by atoms with Crippen molar-refractivity contribution < 1.29 is 14.3 Å². The molecule has 2 aromatic rings. The van der Waals surface area contributed by atoms with Gasteiger partial charge in [0, 0.05) is 17.8 Å². The molecular weight excluding hydrogens is 268 g/mol. The number of carbonyl (C=O) groups excluding carboxylic acids is 2. The van der Waals surface area contributed by atoms with E-state index in [0.29, 0.717) is 11.1 Å². The van der Waals surface area contributed by atoms with E-state index in [1.807, 2.05) is 26.0 Å². The summed E-state index contributed by atoms with van der Waals surface area (Å²) in [7, 11) is 0. The number of rotatable bonds is 4. The van der Waals surface area contributed by atoms with E-state index in [1.54, 1.807) is 23.0 Å². The van der Waals surface area contributed by atoms with Crippen molar-refractivity contribution >= 4 is 11.8 Å². The van der Waals surface area contributed by atoms with Gasteiger partial charge < -0.3 is 4.74 Å². The highest BCUT2D eigenvalue weighted by atomic mass is 16.5. The molecule has 0 spiro atoms. The molecule has 0 saturated carbocycles. The van der Waals surface area contributed by atoms with Crippen molar-refractivity contribution in [1.82, 2.24) is 9.78 Å². The number of hydrogen-bond acceptors (Lipinski definition) is 4. The fraction of sp³-hybridized carbons (Fsp3) is 0.312. The molecule has 5 nitrogen and oxygen atoms in total. The molecule has 0 fully saturated rings. The minimum absolute atomic E-state index is 0.0540. The Balaban J connectivity index is 1.83. The first kappa shape index (κ1) is 13.5. The lowest BCUT2D eigenvalue weighted by Gasteiger charge is -2.09. The Morgan fingerprint density at radius 2 is 2.14 bits per heavy atom. The number of benzene rings is 1. The van der Waals surface area contributed by atoms with Crippen LogP contribution in [0.5, 0.6) is 0 Å². The van der Waals surface area contributed by atoms with Crippen molar-refractivity contribution in [2.24, 2.45) is 0 Å². The average molecular weight is 284 g/mol. The van der Waals surface area contributed by atoms with Crippen LogP contribution in [0.15, 0.2) is 30.5 Å². The van der Waals surface area contributed by atoms with Crippen molar-refractivity contribution in [3.8, 4) is 0 Å². The maximum absolute atomic E-state index is 12.4. The van der Waals surface area contributed by atoms with Crippen molar-refractivity contribution in [3.05, 3.63) is 52.8 Å². The highest BCUT2D eigenvalue weighted by Gasteiger charge is 2.32. The number of cyclic esters (lactones) is 1. The quantitative estimate of drug-likeness (QED) is 0.639. The molecule has 1 aliphatic heterocycles. The number of hydrogen-bond donors (Lipinski definition) is 0. The first-order chi connectivity index (χ1) is 10.1. The number of nitrogens with zero attached hydrogens (tertiary/aromatic N) is 2. The summed E-state index contributed by atoms with van der Waals surface area (Å²) in [6.45, 7) is 4.57. The van der Waals surface area contributed by atoms with E-state index < -0.39 is 6.10 Å². The second-order valence-electron chi connectivity index (χ2n) is 5.07. The highest BCUT2D eigenvalue weighted by Crippen LogP contribution is 2.33. The number of aromatic nitrogens is 2. The summed E-state index contributed by atoms with van der Waals surface area (Å²) >= 11 is 0. The van der Waals surface area contributed by atoms with Crippen LogP contribution >= 0.6 is 0 Å². The molecule has 0 radical (unpaired) electrons. The number of ether oxygens (including phenoxy) is 1. The first-order valence-electron chi connectivity index (χ1n) is 6.97. The Bertz CT molecular complexity index is 718. The second kappa shape index (κ2) is 5.16. The SMILES string of the molecule is CCn1ncc(C(=O)CC2OC(=O)c3ccccc32)c1C. The van der Waals surface area contributed by atoms with E-state index in [-0.39, 0.29) is 18.2 Å². The zero-order chi connectivity index (χ0) is 15.0. The van der Waals surface area contributed by atoms with Gasteiger partial charge in [-0.2, -0.15) is 5.10 Å². The van der Waals surface area contributed by atoms with Crippen LogP contribution in [-0.2, 0) is 11.3 Å². The normalized spacial score (nSPS) is 16.7. The van der Waals surface area contributed by atoms with E-state index in [1.165, 1.54) is 0 Å². The van der Waals surface area contributed by atoms with E-state index in [0.717, 1.165) is 17.8 Å². The molecule has 1 aromatic heterocycles. The topological polar surface area (TPSA) is 61.2 Å². The van der Waals surface area contributed by atoms with Crippen LogP contribution in [0.1, 0.15) is 51.4 Å². The third kappa shape index (κ3) is 2.24. The smallest absolute Gasteiger partial charge is 0.339 e. The zero-order valence-electron chi connectivity index (χ0n) is 12.0. The van der Waals surface area contributed by atoms with Gasteiger partial charge in [0.1, 0.15) is 6.10 Å². The van der Waals surface area contributed by atoms with Crippen molar-refractivity contribution in [2.45, 2.75) is 32.9 Å². The van der Waals surface area contributed by atoms with Gasteiger partial charge in [-0.1, -0.05) is 18.2 Å². The Labute approximate surface area is 122 Å². The fourth-order valence-corrected chi connectivity index (χ4v) is 2.69. The average Bonchev–Trinajstić information content (AvgIpc) is 3.01. The summed E-state index contributed by atoms with van der Waals surface area (Å²) in [6.07, 6.45) is 1.24. The highest BCUT2D eigenvalue weighted by molar-refractivity contribution is 5.99. The molecule has 1 aliphatic rings. The molecule has 1 unspecified atom stereocenters. The third-order valence-corrected chi connectivity index (χ3v) is 3.85. The summed E-state index contributed by atoms with van der Waals surface area (Å²) in [4.78, 5) is 24.2. The summed E-state index contributed by atoms with van der Waals surface area (Å²) in [5.41, 5.74) is 2.78. The van der Waals surface area contributed by atoms with E-state index in [4.69, 9.17) is 4.74 Å². The molecule has 3 rings (SSSR count). The summed E-state index contributed by atoms with van der Waals surface area (Å²) < 4.78 is 7.09. The first-order valence-corrected chi connectivity index (χ1v) is 6.97. The van der Waals surface area contributed by atoms with Crippen LogP contribution in [0.4, 0.5) is 0 Å². The number of esters is 1. The summed E-state index contributed by atoms with van der Waals surface area (Å²) in [6, 6.07) is 7.20. The molecule has 0 aliphatic carbocycles. The standard InChI is InChI=1S/C16H16N2O3/c1-3-18-10(2)13(9-17-18)14(19)8-15-11-6-4-5-7-12(11)16(20)21-15/h4-7,9,15H,3,8H2,1-2H3. The lowest BCUT2D eigenvalue weighted by Crippen LogP contribution is -2.09. The second-order valence-corrected chi connectivity index (χ2v) is 5.07. The molecule has 0 N–H and O–H groups in total. The number of aryl methyl sites for hydroxylation is 1. The minimum atomic E-state index is -0.495. The monoisotopic (exact) mass is 284 g/mol. The van der Waals surface area contributed by atoms with E-state index in [2.05, 4.69) is 5.10 Å². The van der Waals surface area contributed by atoms with Crippen molar-refractivity contribution in [3.63, 3.8) is 0 Å². The molecule has 2 heterocycles. The van der Waals surface area contributed by atoms with Gasteiger partial charge >= 0.3 is 5.97 Å². The minimum Gasteiger partial charge on any atom is -0.453 e. The predicted molar refractivity (Wildman–Crippen MR) is 76.2 cm³/mol. The third-order valence-electron chi connectivity index (χ3n) is 3.85. The summed E-state index contributed by atoms with van der Waals surface area (Å²) in [5, 5.41) is 4.18. The van der Waals surface area contributed by atoms with E-state index in [9.17, 15) is 9.59 Å². The molecule has 108 valence electrons. The molecule has 1 aromatic carbocycles. The summed E-state index contributed by atoms with van der Waals surface area (Å²) in [5.74, 6) is -0.411. The molecule has 0 saturated heterocycles. The van der Waals surface area contributed by atoms with Gasteiger partial charge in [-0.25, -0.2) is 4.79 Å². The van der Waals surface area contributed by atoms with Gasteiger partial charge in [-0.15, -0.1) is 0 Å². The fourth-order valence-electron chi connectivity index (χ4n) is 2.69. The van der Waals surface area contributed by atoms with Crippen LogP contribution in [0.2, 0.25) is 0 Å². The van der Waals surface area contributed by atoms with Crippen LogP contribution < -0.4 is 0 Å². The Hall–Kier alpha value is -2.43. The molecule has 0 amide bonds. The number of ketones is 1. The Morgan fingerprint density at radius 3 is 2.86 bits per heavy atom. The molecular formula is C16H16N2O3. The van der Waals surface area contributed by atoms with Crippen LogP contribution in [0.25, 0.3) is 0 Å². The Morgan fingerprint density at radius 1 is 1.38 bits per heavy atom. The van der Waals surface area contributed by atoms with Gasteiger partial charge in [0.2, 0.25) is 0 Å². The maximum Gasteiger partial charge on any atom is 0.339 e. The number of fused-ring (bicyclic) bond motifs is 1. The molecule has 1 atom stereocenters. The van der Waals surface area contributed by atoms with Crippen LogP contribution in [-0.4, -0.2) is 21.5 Å². The maximum atomic E-state index is 12.4. The lowest BCUT2D eigenvalue weighted by atomic mass is 9.99. The molecule has 5 heteroatoms. The van der Waals surface area contributed by atoms with Gasteiger partial charge in [-0.05, 0) is 19.9 Å². The van der Waals surface area contributed by atoms with Crippen LogP contribution in [0.3, 0.4) is 0 Å². The van der Waals surface area contributed by atoms with Gasteiger partial charge in [0.05, 0.1) is 23.7 Å². The largest absolute Gasteiger partial charge is 0.453 e. The molecule has 21 heavy (non-hydrogen) atoms. The van der Waals surface area contributed by atoms with E-state index >= 15 is 0 Å². The van der Waals surface area contributed by atoms with Gasteiger partial charge in [-0.3, -0.25) is 9.48 Å². The van der Waals surface area contributed by atoms with Gasteiger partial charge in [0.25, 0.3) is 0 Å². The van der Waals surface area contributed by atoms with Crippen LogP contribution in [0, 0.1) is 6.92 Å². The zero-order valence-corrected chi connectivity index (χ0v) is 12.0. The lowest BCUT2D eigenvalue weighted by molar-refractivity contribution is 0.0367. The molecule has 0 bridgehead atoms. The number of Topliss-reactive ketones (excluding diaryl/α,β-unsaturated/α-hetero) is 1. The van der Waals surface area contributed by atoms with Gasteiger partial charge in [0.15, 0.2) is 5.78 Å². The predicted octanol–water partition coefficient (Wildman–Crippen LogP) is 2.70. The van der Waals surface area contributed by atoms with Crippen molar-refractivity contribution in [2.75, 3.05) is 0 Å². The van der Waals surface area contributed by atoms with Crippen molar-refractivity contribution in [1.29, 1.82) is 0 Å². The Kier molecular flexibility index (Phi) is 3.33. The number of carbonyl (C=O) groups is 2.